The van der Waals surface area contributed by atoms with Crippen molar-refractivity contribution in [3.63, 3.8) is 0 Å². The normalized spacial score (nSPS) is 17.6. The molecule has 8 nitrogen and oxygen atoms in total. The zero-order valence-corrected chi connectivity index (χ0v) is 20.0. The molecule has 1 aromatic carbocycles. The molecule has 2 atom stereocenters. The van der Waals surface area contributed by atoms with E-state index in [-0.39, 0.29) is 11.8 Å². The maximum Gasteiger partial charge on any atom is 0.274 e. The highest BCUT2D eigenvalue weighted by atomic mass is 19.1. The van der Waals surface area contributed by atoms with E-state index in [4.69, 9.17) is 4.52 Å². The van der Waals surface area contributed by atoms with Gasteiger partial charge in [0, 0.05) is 17.4 Å². The number of amides is 1. The Bertz CT molecular complexity index is 1390. The molecule has 2 N–H and O–H groups in total. The third-order valence-electron chi connectivity index (χ3n) is 6.28. The highest BCUT2D eigenvalue weighted by molar-refractivity contribution is 6.04. The molecule has 0 bridgehead atoms. The first-order valence-electron chi connectivity index (χ1n) is 11.8. The van der Waals surface area contributed by atoms with Crippen LogP contribution in [0.2, 0.25) is 0 Å². The molecule has 0 saturated heterocycles. The van der Waals surface area contributed by atoms with Crippen LogP contribution < -0.4 is 5.32 Å². The quantitative estimate of drug-likeness (QED) is 0.375. The first-order valence-corrected chi connectivity index (χ1v) is 11.8. The van der Waals surface area contributed by atoms with Crippen molar-refractivity contribution in [3.05, 3.63) is 65.4 Å². The summed E-state index contributed by atoms with van der Waals surface area (Å²) < 4.78 is 20.3. The van der Waals surface area contributed by atoms with Crippen molar-refractivity contribution < 1.29 is 18.8 Å². The van der Waals surface area contributed by atoms with Gasteiger partial charge in [-0.05, 0) is 75.8 Å². The lowest BCUT2D eigenvalue weighted by Crippen LogP contribution is -2.18. The Balaban J connectivity index is 1.31. The topological polar surface area (TPSA) is 106 Å². The van der Waals surface area contributed by atoms with Crippen LogP contribution in [0.4, 0.5) is 10.1 Å². The molecule has 9 heteroatoms. The minimum absolute atomic E-state index is 0.292. The van der Waals surface area contributed by atoms with Crippen LogP contribution >= 0.6 is 0 Å². The Morgan fingerprint density at radius 3 is 2.86 bits per heavy atom. The van der Waals surface area contributed by atoms with Gasteiger partial charge in [-0.1, -0.05) is 17.3 Å². The maximum atomic E-state index is 13.3. The van der Waals surface area contributed by atoms with Crippen LogP contribution in [0, 0.1) is 6.92 Å². The number of anilines is 1. The number of nitrogens with zero attached hydrogens (tertiary/aromatic N) is 4. The number of hydrogen-bond acceptors (Lipinski definition) is 6. The number of rotatable bonds is 8. The molecule has 0 unspecified atom stereocenters. The summed E-state index contributed by atoms with van der Waals surface area (Å²) in [5.41, 5.74) is 3.69. The van der Waals surface area contributed by atoms with Crippen LogP contribution in [0.3, 0.4) is 0 Å². The predicted molar refractivity (Wildman–Crippen MR) is 129 cm³/mol. The van der Waals surface area contributed by atoms with Gasteiger partial charge in [-0.3, -0.25) is 9.20 Å². The molecule has 1 fully saturated rings. The Morgan fingerprint density at radius 2 is 2.11 bits per heavy atom. The van der Waals surface area contributed by atoms with Gasteiger partial charge in [0.05, 0.1) is 17.7 Å². The number of alkyl halides is 1. The van der Waals surface area contributed by atoms with E-state index >= 15 is 0 Å². The van der Waals surface area contributed by atoms with Crippen molar-refractivity contribution in [2.24, 2.45) is 0 Å². The Kier molecular flexibility index (Phi) is 5.88. The molecular weight excluding hydrogens is 449 g/mol. The van der Waals surface area contributed by atoms with E-state index in [0.717, 1.165) is 24.0 Å². The number of fused-ring (bicyclic) bond motifs is 1. The van der Waals surface area contributed by atoms with Gasteiger partial charge in [0.15, 0.2) is 0 Å². The number of hydrogen-bond donors (Lipinski definition) is 2. The van der Waals surface area contributed by atoms with Gasteiger partial charge in [0.2, 0.25) is 11.7 Å². The fourth-order valence-corrected chi connectivity index (χ4v) is 4.08. The van der Waals surface area contributed by atoms with Gasteiger partial charge >= 0.3 is 0 Å². The number of aliphatic hydroxyl groups is 1. The summed E-state index contributed by atoms with van der Waals surface area (Å²) in [4.78, 5) is 21.8. The summed E-state index contributed by atoms with van der Waals surface area (Å²) in [6, 6.07) is 9.42. The molecule has 3 heterocycles. The Hall–Kier alpha value is -3.59. The first kappa shape index (κ1) is 23.2. The highest BCUT2D eigenvalue weighted by Crippen LogP contribution is 2.43. The Labute approximate surface area is 202 Å². The second-order valence-electron chi connectivity index (χ2n) is 9.87. The van der Waals surface area contributed by atoms with Gasteiger partial charge in [-0.15, -0.1) is 0 Å². The second kappa shape index (κ2) is 8.88. The fourth-order valence-electron chi connectivity index (χ4n) is 4.08. The number of carbonyl (C=O) groups is 1. The molecular formula is C26H28FN5O3. The van der Waals surface area contributed by atoms with Gasteiger partial charge in [-0.2, -0.15) is 4.98 Å². The molecule has 5 rings (SSSR count). The fraction of sp³-hybridized carbons (Fsp3) is 0.385. The summed E-state index contributed by atoms with van der Waals surface area (Å²) in [6.45, 7) is 5.51. The van der Waals surface area contributed by atoms with Crippen molar-refractivity contribution in [2.45, 2.75) is 64.1 Å². The predicted octanol–water partition coefficient (Wildman–Crippen LogP) is 4.86. The average molecular weight is 478 g/mol. The smallest absolute Gasteiger partial charge is 0.274 e. The standard InChI is InChI=1S/C26H28FN5O3/c1-15-6-7-17(23-30-25(35-31-23)18-13-19(18)27)12-20(15)29-24(33)21-14-28-22-11-16(8-10-32(21)22)5-4-9-26(2,3)34/h6-8,10-12,14,18-19,34H,4-5,9,13H2,1-3H3,(H,29,33)/t18-,19+/m1/s1. The molecule has 0 spiro atoms. The minimum Gasteiger partial charge on any atom is -0.390 e. The molecule has 1 aliphatic rings. The van der Waals surface area contributed by atoms with Crippen molar-refractivity contribution in [1.29, 1.82) is 0 Å². The zero-order valence-electron chi connectivity index (χ0n) is 20.0. The molecule has 4 aromatic rings. The van der Waals surface area contributed by atoms with Crippen molar-refractivity contribution in [1.82, 2.24) is 19.5 Å². The Morgan fingerprint density at radius 1 is 1.31 bits per heavy atom. The number of carbonyl (C=O) groups excluding carboxylic acids is 1. The summed E-state index contributed by atoms with van der Waals surface area (Å²) in [6.07, 6.45) is 5.30. The zero-order chi connectivity index (χ0) is 24.7. The van der Waals surface area contributed by atoms with E-state index in [2.05, 4.69) is 20.4 Å². The van der Waals surface area contributed by atoms with Crippen LogP contribution in [0.5, 0.6) is 0 Å². The van der Waals surface area contributed by atoms with Crippen LogP contribution in [0.1, 0.15) is 66.5 Å². The third kappa shape index (κ3) is 5.09. The SMILES string of the molecule is Cc1ccc(-c2noc([C@@H]3C[C@@H]3F)n2)cc1NC(=O)c1cnc2cc(CCCC(C)(C)O)ccn12. The number of halogens is 1. The number of aryl methyl sites for hydroxylation is 2. The molecule has 1 saturated carbocycles. The van der Waals surface area contributed by atoms with Crippen LogP contribution in [0.25, 0.3) is 17.0 Å². The highest BCUT2D eigenvalue weighted by Gasteiger charge is 2.43. The molecule has 0 aliphatic heterocycles. The number of nitrogens with one attached hydrogen (secondary N) is 1. The largest absolute Gasteiger partial charge is 0.390 e. The minimum atomic E-state index is -0.912. The molecule has 35 heavy (non-hydrogen) atoms. The lowest BCUT2D eigenvalue weighted by molar-refractivity contribution is 0.0689. The van der Waals surface area contributed by atoms with E-state index in [9.17, 15) is 14.3 Å². The number of imidazole rings is 1. The van der Waals surface area contributed by atoms with Crippen LogP contribution in [-0.2, 0) is 6.42 Å². The van der Waals surface area contributed by atoms with E-state index in [0.29, 0.717) is 47.1 Å². The van der Waals surface area contributed by atoms with Gasteiger partial charge < -0.3 is 14.9 Å². The lowest BCUT2D eigenvalue weighted by Gasteiger charge is -2.16. The summed E-state index contributed by atoms with van der Waals surface area (Å²) in [7, 11) is 0. The number of benzene rings is 1. The molecule has 1 amide bonds. The number of aromatic nitrogens is 4. The van der Waals surface area contributed by atoms with Crippen LogP contribution in [-0.4, -0.2) is 42.3 Å². The van der Waals surface area contributed by atoms with Gasteiger partial charge in [-0.25, -0.2) is 9.37 Å². The summed E-state index contributed by atoms with van der Waals surface area (Å²) in [5.74, 6) is 0.0722. The van der Waals surface area contributed by atoms with E-state index in [1.807, 2.05) is 37.4 Å². The first-order chi connectivity index (χ1) is 16.7. The molecule has 1 aliphatic carbocycles. The summed E-state index contributed by atoms with van der Waals surface area (Å²) >= 11 is 0. The van der Waals surface area contributed by atoms with E-state index in [1.165, 1.54) is 0 Å². The van der Waals surface area contributed by atoms with Crippen molar-refractivity contribution in [3.8, 4) is 11.4 Å². The molecule has 182 valence electrons. The monoisotopic (exact) mass is 477 g/mol. The second-order valence-corrected chi connectivity index (χ2v) is 9.87. The van der Waals surface area contributed by atoms with E-state index in [1.54, 1.807) is 30.5 Å². The van der Waals surface area contributed by atoms with Crippen molar-refractivity contribution in [2.75, 3.05) is 5.32 Å². The van der Waals surface area contributed by atoms with Crippen molar-refractivity contribution >= 4 is 17.2 Å². The molecule has 3 aromatic heterocycles. The maximum absolute atomic E-state index is 13.3. The van der Waals surface area contributed by atoms with Gasteiger partial charge in [0.1, 0.15) is 17.5 Å². The number of pyridine rings is 1. The summed E-state index contributed by atoms with van der Waals surface area (Å²) in [5, 5.41) is 16.8. The van der Waals surface area contributed by atoms with Crippen LogP contribution in [0.15, 0.2) is 47.2 Å². The van der Waals surface area contributed by atoms with Gasteiger partial charge in [0.25, 0.3) is 5.91 Å². The third-order valence-corrected chi connectivity index (χ3v) is 6.28. The van der Waals surface area contributed by atoms with E-state index < -0.39 is 11.8 Å². The lowest BCUT2D eigenvalue weighted by atomic mass is 9.99. The average Bonchev–Trinajstić information content (AvgIpc) is 3.19. The molecule has 0 radical (unpaired) electrons.